The first kappa shape index (κ1) is 22.5. The highest BCUT2D eigenvalue weighted by Gasteiger charge is 2.27. The van der Waals surface area contributed by atoms with E-state index in [2.05, 4.69) is 15.2 Å². The molecule has 0 unspecified atom stereocenters. The van der Waals surface area contributed by atoms with Gasteiger partial charge in [-0.15, -0.1) is 24.0 Å². The van der Waals surface area contributed by atoms with Crippen LogP contribution < -0.4 is 5.32 Å². The molecule has 2 fully saturated rings. The highest BCUT2D eigenvalue weighted by atomic mass is 127. The summed E-state index contributed by atoms with van der Waals surface area (Å²) in [6, 6.07) is 0. The Labute approximate surface area is 170 Å². The molecule has 1 N–H and O–H groups in total. The van der Waals surface area contributed by atoms with Crippen LogP contribution in [0.4, 0.5) is 0 Å². The molecule has 1 aliphatic heterocycles. The van der Waals surface area contributed by atoms with Crippen LogP contribution in [-0.2, 0) is 9.53 Å². The molecular formula is C19H36IN3O2. The van der Waals surface area contributed by atoms with Crippen molar-refractivity contribution in [3.05, 3.63) is 0 Å². The zero-order valence-corrected chi connectivity index (χ0v) is 18.3. The van der Waals surface area contributed by atoms with Crippen molar-refractivity contribution < 1.29 is 9.53 Å². The van der Waals surface area contributed by atoms with Crippen LogP contribution in [-0.4, -0.2) is 50.1 Å². The number of esters is 1. The van der Waals surface area contributed by atoms with Crippen LogP contribution >= 0.6 is 24.0 Å². The minimum Gasteiger partial charge on any atom is -0.466 e. The van der Waals surface area contributed by atoms with Crippen LogP contribution in [0.2, 0.25) is 0 Å². The summed E-state index contributed by atoms with van der Waals surface area (Å²) in [6.07, 6.45) is 11.4. The number of unbranched alkanes of at least 4 members (excludes halogenated alkanes) is 1. The predicted octanol–water partition coefficient (Wildman–Crippen LogP) is 3.82. The van der Waals surface area contributed by atoms with Crippen LogP contribution in [0.3, 0.4) is 0 Å². The summed E-state index contributed by atoms with van der Waals surface area (Å²) in [5.74, 6) is 2.00. The highest BCUT2D eigenvalue weighted by molar-refractivity contribution is 14.0. The van der Waals surface area contributed by atoms with E-state index in [9.17, 15) is 4.79 Å². The van der Waals surface area contributed by atoms with Gasteiger partial charge in [0.05, 0.1) is 12.5 Å². The third kappa shape index (κ3) is 7.71. The second-order valence-corrected chi connectivity index (χ2v) is 7.13. The fourth-order valence-corrected chi connectivity index (χ4v) is 3.98. The number of carbonyl (C=O) groups excluding carboxylic acids is 1. The van der Waals surface area contributed by atoms with Gasteiger partial charge in [0.25, 0.3) is 0 Å². The lowest BCUT2D eigenvalue weighted by Crippen LogP contribution is -2.46. The van der Waals surface area contributed by atoms with Crippen LogP contribution in [0, 0.1) is 11.8 Å². The Kier molecular flexibility index (Phi) is 11.5. The molecule has 0 bridgehead atoms. The summed E-state index contributed by atoms with van der Waals surface area (Å²) in [5.41, 5.74) is 0. The molecule has 0 aromatic rings. The van der Waals surface area contributed by atoms with E-state index >= 15 is 0 Å². The SMILES string of the molecule is CCOC(=O)C1CCN(C(=NC)NCCCCC2CCCC2)CC1.I. The number of rotatable bonds is 7. The van der Waals surface area contributed by atoms with E-state index in [1.165, 1.54) is 44.9 Å². The first-order chi connectivity index (χ1) is 11.7. The van der Waals surface area contributed by atoms with Crippen molar-refractivity contribution in [3.8, 4) is 0 Å². The van der Waals surface area contributed by atoms with Gasteiger partial charge in [0.1, 0.15) is 0 Å². The molecule has 0 amide bonds. The average molecular weight is 465 g/mol. The quantitative estimate of drug-likeness (QED) is 0.204. The number of hydrogen-bond donors (Lipinski definition) is 1. The van der Waals surface area contributed by atoms with Crippen molar-refractivity contribution in [2.24, 2.45) is 16.8 Å². The Hall–Kier alpha value is -0.530. The molecule has 1 aliphatic carbocycles. The number of nitrogens with one attached hydrogen (secondary N) is 1. The highest BCUT2D eigenvalue weighted by Crippen LogP contribution is 2.28. The summed E-state index contributed by atoms with van der Waals surface area (Å²) >= 11 is 0. The van der Waals surface area contributed by atoms with E-state index in [-0.39, 0.29) is 35.9 Å². The van der Waals surface area contributed by atoms with Gasteiger partial charge in [0.15, 0.2) is 5.96 Å². The van der Waals surface area contributed by atoms with Crippen LogP contribution in [0.1, 0.15) is 64.7 Å². The maximum Gasteiger partial charge on any atom is 0.309 e. The maximum absolute atomic E-state index is 11.8. The van der Waals surface area contributed by atoms with E-state index in [1.54, 1.807) is 0 Å². The Morgan fingerprint density at radius 2 is 1.84 bits per heavy atom. The van der Waals surface area contributed by atoms with Crippen LogP contribution in [0.15, 0.2) is 4.99 Å². The fourth-order valence-electron chi connectivity index (χ4n) is 3.98. The van der Waals surface area contributed by atoms with Crippen molar-refractivity contribution in [1.29, 1.82) is 0 Å². The van der Waals surface area contributed by atoms with Gasteiger partial charge in [-0.1, -0.05) is 38.5 Å². The maximum atomic E-state index is 11.8. The zero-order valence-electron chi connectivity index (χ0n) is 16.0. The van der Waals surface area contributed by atoms with Gasteiger partial charge in [-0.2, -0.15) is 0 Å². The first-order valence-corrected chi connectivity index (χ1v) is 9.86. The summed E-state index contributed by atoms with van der Waals surface area (Å²) in [5, 5.41) is 3.49. The molecule has 1 heterocycles. The molecule has 25 heavy (non-hydrogen) atoms. The predicted molar refractivity (Wildman–Crippen MR) is 114 cm³/mol. The van der Waals surface area contributed by atoms with Gasteiger partial charge in [-0.05, 0) is 32.1 Å². The number of guanidine groups is 1. The monoisotopic (exact) mass is 465 g/mol. The molecule has 146 valence electrons. The smallest absolute Gasteiger partial charge is 0.309 e. The molecule has 0 spiro atoms. The van der Waals surface area contributed by atoms with Crippen molar-refractivity contribution in [2.75, 3.05) is 33.3 Å². The number of ether oxygens (including phenoxy) is 1. The number of carbonyl (C=O) groups is 1. The second kappa shape index (κ2) is 12.8. The summed E-state index contributed by atoms with van der Waals surface area (Å²) in [4.78, 5) is 18.5. The molecule has 2 rings (SSSR count). The minimum atomic E-state index is -0.0352. The molecule has 0 radical (unpaired) electrons. The lowest BCUT2D eigenvalue weighted by atomic mass is 9.97. The van der Waals surface area contributed by atoms with E-state index in [0.717, 1.165) is 44.4 Å². The molecule has 2 aliphatic rings. The molecule has 0 atom stereocenters. The molecule has 0 aromatic carbocycles. The van der Waals surface area contributed by atoms with Crippen LogP contribution in [0.25, 0.3) is 0 Å². The Morgan fingerprint density at radius 3 is 2.44 bits per heavy atom. The van der Waals surface area contributed by atoms with Crippen LogP contribution in [0.5, 0.6) is 0 Å². The molecular weight excluding hydrogens is 429 g/mol. The van der Waals surface area contributed by atoms with E-state index in [0.29, 0.717) is 6.61 Å². The third-order valence-corrected chi connectivity index (χ3v) is 5.42. The Balaban J connectivity index is 0.00000312. The van der Waals surface area contributed by atoms with E-state index in [1.807, 2.05) is 14.0 Å². The topological polar surface area (TPSA) is 53.9 Å². The van der Waals surface area contributed by atoms with E-state index < -0.39 is 0 Å². The second-order valence-electron chi connectivity index (χ2n) is 7.13. The van der Waals surface area contributed by atoms with Crippen molar-refractivity contribution in [2.45, 2.75) is 64.7 Å². The van der Waals surface area contributed by atoms with Gasteiger partial charge in [0, 0.05) is 26.7 Å². The first-order valence-electron chi connectivity index (χ1n) is 9.86. The van der Waals surface area contributed by atoms with Crippen molar-refractivity contribution in [1.82, 2.24) is 10.2 Å². The zero-order chi connectivity index (χ0) is 17.2. The fraction of sp³-hybridized carbons (Fsp3) is 0.895. The third-order valence-electron chi connectivity index (χ3n) is 5.42. The molecule has 1 saturated carbocycles. The Morgan fingerprint density at radius 1 is 1.16 bits per heavy atom. The lowest BCUT2D eigenvalue weighted by Gasteiger charge is -2.33. The van der Waals surface area contributed by atoms with Crippen molar-refractivity contribution in [3.63, 3.8) is 0 Å². The molecule has 0 aromatic heterocycles. The normalized spacial score (nSPS) is 19.6. The lowest BCUT2D eigenvalue weighted by molar-refractivity contribution is -0.149. The van der Waals surface area contributed by atoms with Gasteiger partial charge in [-0.25, -0.2) is 0 Å². The van der Waals surface area contributed by atoms with Gasteiger partial charge < -0.3 is 15.0 Å². The van der Waals surface area contributed by atoms with Crippen molar-refractivity contribution >= 4 is 35.9 Å². The molecule has 6 heteroatoms. The minimum absolute atomic E-state index is 0. The Bertz CT molecular complexity index is 403. The number of piperidine rings is 1. The molecule has 1 saturated heterocycles. The number of aliphatic imine (C=N–C) groups is 1. The summed E-state index contributed by atoms with van der Waals surface area (Å²) in [7, 11) is 1.85. The average Bonchev–Trinajstić information content (AvgIpc) is 3.12. The summed E-state index contributed by atoms with van der Waals surface area (Å²) < 4.78 is 5.13. The number of hydrogen-bond acceptors (Lipinski definition) is 3. The number of likely N-dealkylation sites (tertiary alicyclic amines) is 1. The standard InChI is InChI=1S/C19H35N3O2.HI/c1-3-24-18(23)17-11-14-22(15-12-17)19(20-2)21-13-7-6-10-16-8-4-5-9-16;/h16-17H,3-15H2,1-2H3,(H,20,21);1H. The van der Waals surface area contributed by atoms with Gasteiger partial charge in [0.2, 0.25) is 0 Å². The largest absolute Gasteiger partial charge is 0.466 e. The van der Waals surface area contributed by atoms with Gasteiger partial charge >= 0.3 is 5.97 Å². The molecule has 5 nitrogen and oxygen atoms in total. The number of halogens is 1. The van der Waals surface area contributed by atoms with Gasteiger partial charge in [-0.3, -0.25) is 9.79 Å². The van der Waals surface area contributed by atoms with E-state index in [4.69, 9.17) is 4.74 Å². The summed E-state index contributed by atoms with van der Waals surface area (Å²) in [6.45, 7) is 5.10. The number of nitrogens with zero attached hydrogens (tertiary/aromatic N) is 2.